The number of aromatic nitrogens is 3. The number of carbonyl (C=O) groups excluding carboxylic acids is 1. The van der Waals surface area contributed by atoms with E-state index in [2.05, 4.69) is 25.8 Å². The Kier molecular flexibility index (Phi) is 3.16. The molecule has 6 heteroatoms. The normalized spacial score (nSPS) is 18.9. The highest BCUT2D eigenvalue weighted by Crippen LogP contribution is 2.14. The van der Waals surface area contributed by atoms with Crippen molar-refractivity contribution in [3.05, 3.63) is 23.5 Å². The Morgan fingerprint density at radius 2 is 2.47 bits per heavy atom. The molecule has 3 heterocycles. The standard InChI is InChI=1S/C13H17N5O/c1-8-11-5-9(6-15-12(11)18-17-8)13(19)16-7-10-3-2-4-14-10/h5-6,10,14H,2-4,7H2,1H3,(H,16,19)(H,15,17,18). The van der Waals surface area contributed by atoms with E-state index in [1.807, 2.05) is 13.0 Å². The van der Waals surface area contributed by atoms with Gasteiger partial charge in [0.2, 0.25) is 0 Å². The number of aromatic amines is 1. The lowest BCUT2D eigenvalue weighted by Gasteiger charge is -2.11. The molecule has 1 fully saturated rings. The highest BCUT2D eigenvalue weighted by Gasteiger charge is 2.16. The Morgan fingerprint density at radius 1 is 1.58 bits per heavy atom. The van der Waals surface area contributed by atoms with Gasteiger partial charge in [-0.05, 0) is 32.4 Å². The molecule has 0 radical (unpaired) electrons. The number of pyridine rings is 1. The van der Waals surface area contributed by atoms with Gasteiger partial charge in [-0.3, -0.25) is 9.89 Å². The predicted molar refractivity (Wildman–Crippen MR) is 72.0 cm³/mol. The van der Waals surface area contributed by atoms with Crippen molar-refractivity contribution in [1.82, 2.24) is 25.8 Å². The Labute approximate surface area is 111 Å². The van der Waals surface area contributed by atoms with Crippen molar-refractivity contribution in [2.75, 3.05) is 13.1 Å². The van der Waals surface area contributed by atoms with Crippen LogP contribution in [0.3, 0.4) is 0 Å². The van der Waals surface area contributed by atoms with Crippen molar-refractivity contribution in [2.24, 2.45) is 0 Å². The van der Waals surface area contributed by atoms with Gasteiger partial charge < -0.3 is 10.6 Å². The van der Waals surface area contributed by atoms with E-state index in [4.69, 9.17) is 0 Å². The van der Waals surface area contributed by atoms with Crippen molar-refractivity contribution < 1.29 is 4.79 Å². The van der Waals surface area contributed by atoms with E-state index >= 15 is 0 Å². The average molecular weight is 259 g/mol. The largest absolute Gasteiger partial charge is 0.350 e. The Bertz CT molecular complexity index is 600. The number of carbonyl (C=O) groups is 1. The maximum atomic E-state index is 12.1. The molecule has 1 saturated heterocycles. The summed E-state index contributed by atoms with van der Waals surface area (Å²) in [4.78, 5) is 16.3. The van der Waals surface area contributed by atoms with Gasteiger partial charge in [-0.1, -0.05) is 0 Å². The van der Waals surface area contributed by atoms with Crippen LogP contribution in [0.1, 0.15) is 28.9 Å². The maximum Gasteiger partial charge on any atom is 0.252 e. The quantitative estimate of drug-likeness (QED) is 0.759. The van der Waals surface area contributed by atoms with Crippen molar-refractivity contribution in [1.29, 1.82) is 0 Å². The minimum Gasteiger partial charge on any atom is -0.350 e. The summed E-state index contributed by atoms with van der Waals surface area (Å²) in [5.41, 5.74) is 2.15. The smallest absolute Gasteiger partial charge is 0.252 e. The van der Waals surface area contributed by atoms with Gasteiger partial charge in [-0.2, -0.15) is 5.10 Å². The molecular formula is C13H17N5O. The first kappa shape index (κ1) is 12.1. The first-order chi connectivity index (χ1) is 9.24. The summed E-state index contributed by atoms with van der Waals surface area (Å²) in [5.74, 6) is -0.0799. The van der Waals surface area contributed by atoms with Crippen molar-refractivity contribution in [2.45, 2.75) is 25.8 Å². The molecule has 2 aromatic heterocycles. The van der Waals surface area contributed by atoms with Crippen molar-refractivity contribution >= 4 is 16.9 Å². The van der Waals surface area contributed by atoms with Crippen LogP contribution in [-0.4, -0.2) is 40.2 Å². The van der Waals surface area contributed by atoms with Gasteiger partial charge >= 0.3 is 0 Å². The van der Waals surface area contributed by atoms with Crippen LogP contribution in [-0.2, 0) is 0 Å². The number of rotatable bonds is 3. The zero-order valence-corrected chi connectivity index (χ0v) is 10.9. The van der Waals surface area contributed by atoms with Crippen LogP contribution in [0.4, 0.5) is 0 Å². The lowest BCUT2D eigenvalue weighted by atomic mass is 10.2. The summed E-state index contributed by atoms with van der Waals surface area (Å²) in [5, 5.41) is 14.1. The SMILES string of the molecule is Cc1[nH]nc2ncc(C(=O)NCC3CCCN3)cc12. The number of amides is 1. The lowest BCUT2D eigenvalue weighted by molar-refractivity contribution is 0.0950. The maximum absolute atomic E-state index is 12.1. The number of nitrogens with one attached hydrogen (secondary N) is 3. The van der Waals surface area contributed by atoms with Crippen LogP contribution in [0.2, 0.25) is 0 Å². The minimum atomic E-state index is -0.0799. The lowest BCUT2D eigenvalue weighted by Crippen LogP contribution is -2.37. The Morgan fingerprint density at radius 3 is 3.26 bits per heavy atom. The van der Waals surface area contributed by atoms with E-state index < -0.39 is 0 Å². The molecule has 3 rings (SSSR count). The molecule has 0 spiro atoms. The van der Waals surface area contributed by atoms with Crippen molar-refractivity contribution in [3.8, 4) is 0 Å². The van der Waals surface area contributed by atoms with E-state index in [0.717, 1.165) is 24.0 Å². The van der Waals surface area contributed by atoms with Gasteiger partial charge in [0.15, 0.2) is 5.65 Å². The van der Waals surface area contributed by atoms with Gasteiger partial charge in [-0.15, -0.1) is 0 Å². The fraction of sp³-hybridized carbons (Fsp3) is 0.462. The fourth-order valence-electron chi connectivity index (χ4n) is 2.39. The van der Waals surface area contributed by atoms with E-state index in [-0.39, 0.29) is 5.91 Å². The first-order valence-corrected chi connectivity index (χ1v) is 6.56. The van der Waals surface area contributed by atoms with Gasteiger partial charge in [-0.25, -0.2) is 4.98 Å². The van der Waals surface area contributed by atoms with Gasteiger partial charge in [0, 0.05) is 29.9 Å². The summed E-state index contributed by atoms with van der Waals surface area (Å²) in [6, 6.07) is 2.23. The van der Waals surface area contributed by atoms with Crippen LogP contribution < -0.4 is 10.6 Å². The molecule has 1 unspecified atom stereocenters. The zero-order valence-electron chi connectivity index (χ0n) is 10.9. The monoisotopic (exact) mass is 259 g/mol. The number of hydrogen-bond acceptors (Lipinski definition) is 4. The third-order valence-corrected chi connectivity index (χ3v) is 3.53. The van der Waals surface area contributed by atoms with Crippen LogP contribution in [0.25, 0.3) is 11.0 Å². The molecule has 19 heavy (non-hydrogen) atoms. The zero-order chi connectivity index (χ0) is 13.2. The molecule has 0 saturated carbocycles. The molecular weight excluding hydrogens is 242 g/mol. The average Bonchev–Trinajstić information content (AvgIpc) is 3.06. The number of H-pyrrole nitrogens is 1. The third kappa shape index (κ3) is 2.44. The molecule has 100 valence electrons. The second kappa shape index (κ2) is 4.97. The topological polar surface area (TPSA) is 82.7 Å². The predicted octanol–water partition coefficient (Wildman–Crippen LogP) is 0.748. The molecule has 2 aromatic rings. The van der Waals surface area contributed by atoms with Crippen molar-refractivity contribution in [3.63, 3.8) is 0 Å². The van der Waals surface area contributed by atoms with Crippen LogP contribution in [0.5, 0.6) is 0 Å². The molecule has 0 aromatic carbocycles. The molecule has 0 bridgehead atoms. The molecule has 3 N–H and O–H groups in total. The first-order valence-electron chi connectivity index (χ1n) is 6.56. The molecule has 1 atom stereocenters. The molecule has 6 nitrogen and oxygen atoms in total. The van der Waals surface area contributed by atoms with E-state index in [1.54, 1.807) is 6.20 Å². The Hall–Kier alpha value is -1.95. The summed E-state index contributed by atoms with van der Waals surface area (Å²) >= 11 is 0. The molecule has 0 aliphatic carbocycles. The van der Waals surface area contributed by atoms with Crippen LogP contribution in [0.15, 0.2) is 12.3 Å². The van der Waals surface area contributed by atoms with Gasteiger partial charge in [0.1, 0.15) is 0 Å². The van der Waals surface area contributed by atoms with E-state index in [9.17, 15) is 4.79 Å². The summed E-state index contributed by atoms with van der Waals surface area (Å²) in [6.45, 7) is 3.63. The molecule has 1 aliphatic heterocycles. The van der Waals surface area contributed by atoms with Gasteiger partial charge in [0.05, 0.1) is 5.56 Å². The second-order valence-electron chi connectivity index (χ2n) is 4.95. The number of hydrogen-bond donors (Lipinski definition) is 3. The number of nitrogens with zero attached hydrogens (tertiary/aromatic N) is 2. The fourth-order valence-corrected chi connectivity index (χ4v) is 2.39. The summed E-state index contributed by atoms with van der Waals surface area (Å²) in [7, 11) is 0. The Balaban J connectivity index is 1.71. The molecule has 1 aliphatic rings. The number of fused-ring (bicyclic) bond motifs is 1. The van der Waals surface area contributed by atoms with Crippen LogP contribution >= 0.6 is 0 Å². The number of aryl methyl sites for hydroxylation is 1. The van der Waals surface area contributed by atoms with E-state index in [1.165, 1.54) is 6.42 Å². The molecule has 1 amide bonds. The third-order valence-electron chi connectivity index (χ3n) is 3.53. The minimum absolute atomic E-state index is 0.0799. The summed E-state index contributed by atoms with van der Waals surface area (Å²) < 4.78 is 0. The van der Waals surface area contributed by atoms with E-state index in [0.29, 0.717) is 23.8 Å². The van der Waals surface area contributed by atoms with Gasteiger partial charge in [0.25, 0.3) is 5.91 Å². The highest BCUT2D eigenvalue weighted by atomic mass is 16.1. The second-order valence-corrected chi connectivity index (χ2v) is 4.95. The highest BCUT2D eigenvalue weighted by molar-refractivity contribution is 5.97. The van der Waals surface area contributed by atoms with Crippen LogP contribution in [0, 0.1) is 6.92 Å². The summed E-state index contributed by atoms with van der Waals surface area (Å²) in [6.07, 6.45) is 3.88.